The molecule has 0 bridgehead atoms. The standard InChI is InChI=1S/C18H30N4O.HI/c1-3-23-14-11-20-18(19-2)21-17-9-12-22(13-10-17)15-16-7-5-4-6-8-16;/h4-8,17H,3,9-15H2,1-2H3,(H2,19,20,21);1H. The predicted molar refractivity (Wildman–Crippen MR) is 111 cm³/mol. The minimum atomic E-state index is 0. The molecule has 1 aromatic rings. The Morgan fingerprint density at radius 2 is 1.96 bits per heavy atom. The van der Waals surface area contributed by atoms with Crippen LogP contribution in [-0.2, 0) is 11.3 Å². The minimum absolute atomic E-state index is 0. The molecule has 1 aliphatic rings. The monoisotopic (exact) mass is 446 g/mol. The van der Waals surface area contributed by atoms with E-state index in [1.54, 1.807) is 0 Å². The fourth-order valence-electron chi connectivity index (χ4n) is 2.85. The highest BCUT2D eigenvalue weighted by atomic mass is 127. The van der Waals surface area contributed by atoms with Crippen LogP contribution in [0.4, 0.5) is 0 Å². The number of guanidine groups is 1. The van der Waals surface area contributed by atoms with Gasteiger partial charge in [0.05, 0.1) is 6.61 Å². The molecule has 6 heteroatoms. The van der Waals surface area contributed by atoms with E-state index in [0.717, 1.165) is 51.6 Å². The molecule has 24 heavy (non-hydrogen) atoms. The van der Waals surface area contributed by atoms with Gasteiger partial charge in [-0.25, -0.2) is 0 Å². The molecular weight excluding hydrogens is 415 g/mol. The van der Waals surface area contributed by atoms with Crippen LogP contribution in [0.25, 0.3) is 0 Å². The van der Waals surface area contributed by atoms with E-state index in [-0.39, 0.29) is 24.0 Å². The predicted octanol–water partition coefficient (Wildman–Crippen LogP) is 2.47. The van der Waals surface area contributed by atoms with Gasteiger partial charge in [0.2, 0.25) is 0 Å². The number of rotatable bonds is 7. The molecule has 2 rings (SSSR count). The van der Waals surface area contributed by atoms with E-state index < -0.39 is 0 Å². The van der Waals surface area contributed by atoms with Gasteiger partial charge in [-0.1, -0.05) is 30.3 Å². The summed E-state index contributed by atoms with van der Waals surface area (Å²) in [6, 6.07) is 11.2. The van der Waals surface area contributed by atoms with Gasteiger partial charge in [0, 0.05) is 45.9 Å². The third kappa shape index (κ3) is 7.81. The molecule has 0 spiro atoms. The molecule has 0 atom stereocenters. The van der Waals surface area contributed by atoms with Crippen molar-refractivity contribution in [2.24, 2.45) is 4.99 Å². The van der Waals surface area contributed by atoms with Crippen molar-refractivity contribution in [3.63, 3.8) is 0 Å². The van der Waals surface area contributed by atoms with E-state index in [1.807, 2.05) is 14.0 Å². The van der Waals surface area contributed by atoms with Crippen LogP contribution in [0.2, 0.25) is 0 Å². The Kier molecular flexibility index (Phi) is 11.0. The van der Waals surface area contributed by atoms with E-state index in [1.165, 1.54) is 5.56 Å². The largest absolute Gasteiger partial charge is 0.380 e. The normalized spacial score (nSPS) is 16.5. The molecule has 1 saturated heterocycles. The van der Waals surface area contributed by atoms with E-state index in [2.05, 4.69) is 50.9 Å². The second kappa shape index (κ2) is 12.5. The van der Waals surface area contributed by atoms with Crippen LogP contribution >= 0.6 is 24.0 Å². The van der Waals surface area contributed by atoms with Crippen LogP contribution < -0.4 is 10.6 Å². The smallest absolute Gasteiger partial charge is 0.191 e. The van der Waals surface area contributed by atoms with Crippen molar-refractivity contribution in [1.29, 1.82) is 0 Å². The molecule has 0 amide bonds. The number of nitrogens with zero attached hydrogens (tertiary/aromatic N) is 2. The number of piperidine rings is 1. The first kappa shape index (κ1) is 21.2. The highest BCUT2D eigenvalue weighted by molar-refractivity contribution is 14.0. The number of likely N-dealkylation sites (tertiary alicyclic amines) is 1. The summed E-state index contributed by atoms with van der Waals surface area (Å²) in [5, 5.41) is 6.83. The lowest BCUT2D eigenvalue weighted by atomic mass is 10.0. The van der Waals surface area contributed by atoms with Gasteiger partial charge in [-0.15, -0.1) is 24.0 Å². The number of nitrogens with one attached hydrogen (secondary N) is 2. The molecule has 0 unspecified atom stereocenters. The molecule has 0 aromatic heterocycles. The molecular formula is C18H31IN4O. The molecule has 2 N–H and O–H groups in total. The zero-order valence-electron chi connectivity index (χ0n) is 14.8. The maximum Gasteiger partial charge on any atom is 0.191 e. The summed E-state index contributed by atoms with van der Waals surface area (Å²) in [5.74, 6) is 0.881. The lowest BCUT2D eigenvalue weighted by Crippen LogP contribution is -2.49. The summed E-state index contributed by atoms with van der Waals surface area (Å²) in [5.41, 5.74) is 1.40. The summed E-state index contributed by atoms with van der Waals surface area (Å²) < 4.78 is 5.34. The maximum absolute atomic E-state index is 5.34. The van der Waals surface area contributed by atoms with Gasteiger partial charge in [0.25, 0.3) is 0 Å². The van der Waals surface area contributed by atoms with Crippen LogP contribution in [0.1, 0.15) is 25.3 Å². The summed E-state index contributed by atoms with van der Waals surface area (Å²) in [7, 11) is 1.82. The van der Waals surface area contributed by atoms with E-state index in [0.29, 0.717) is 12.6 Å². The van der Waals surface area contributed by atoms with Gasteiger partial charge in [0.15, 0.2) is 5.96 Å². The average Bonchev–Trinajstić information content (AvgIpc) is 2.60. The van der Waals surface area contributed by atoms with Crippen LogP contribution in [-0.4, -0.2) is 56.8 Å². The zero-order chi connectivity index (χ0) is 16.3. The van der Waals surface area contributed by atoms with Gasteiger partial charge in [-0.05, 0) is 25.3 Å². The third-order valence-electron chi connectivity index (χ3n) is 4.14. The third-order valence-corrected chi connectivity index (χ3v) is 4.14. The van der Waals surface area contributed by atoms with Gasteiger partial charge >= 0.3 is 0 Å². The van der Waals surface area contributed by atoms with Crippen molar-refractivity contribution in [1.82, 2.24) is 15.5 Å². The Morgan fingerprint density at radius 3 is 2.58 bits per heavy atom. The minimum Gasteiger partial charge on any atom is -0.380 e. The molecule has 5 nitrogen and oxygen atoms in total. The topological polar surface area (TPSA) is 48.9 Å². The summed E-state index contributed by atoms with van der Waals surface area (Å²) in [6.45, 7) is 7.58. The van der Waals surface area contributed by atoms with Crippen LogP contribution in [0.15, 0.2) is 35.3 Å². The lowest BCUT2D eigenvalue weighted by Gasteiger charge is -2.33. The molecule has 1 aromatic carbocycles. The summed E-state index contributed by atoms with van der Waals surface area (Å²) in [6.07, 6.45) is 2.30. The van der Waals surface area contributed by atoms with Crippen molar-refractivity contribution in [2.45, 2.75) is 32.4 Å². The number of ether oxygens (including phenoxy) is 1. The van der Waals surface area contributed by atoms with Crippen LogP contribution in [0, 0.1) is 0 Å². The van der Waals surface area contributed by atoms with E-state index >= 15 is 0 Å². The van der Waals surface area contributed by atoms with Gasteiger partial charge < -0.3 is 15.4 Å². The van der Waals surface area contributed by atoms with E-state index in [4.69, 9.17) is 4.74 Å². The second-order valence-corrected chi connectivity index (χ2v) is 5.88. The molecule has 1 fully saturated rings. The quantitative estimate of drug-likeness (QED) is 0.293. The Labute approximate surface area is 163 Å². The number of benzene rings is 1. The Balaban J connectivity index is 0.00000288. The molecule has 1 heterocycles. The van der Waals surface area contributed by atoms with Crippen molar-refractivity contribution in [3.05, 3.63) is 35.9 Å². The summed E-state index contributed by atoms with van der Waals surface area (Å²) in [4.78, 5) is 6.82. The second-order valence-electron chi connectivity index (χ2n) is 5.88. The Bertz CT molecular complexity index is 461. The average molecular weight is 446 g/mol. The van der Waals surface area contributed by atoms with Crippen molar-refractivity contribution in [2.75, 3.05) is 39.9 Å². The van der Waals surface area contributed by atoms with Crippen molar-refractivity contribution in [3.8, 4) is 0 Å². The van der Waals surface area contributed by atoms with Crippen molar-refractivity contribution < 1.29 is 4.74 Å². The molecule has 1 aliphatic heterocycles. The van der Waals surface area contributed by atoms with E-state index in [9.17, 15) is 0 Å². The lowest BCUT2D eigenvalue weighted by molar-refractivity contribution is 0.152. The zero-order valence-corrected chi connectivity index (χ0v) is 17.2. The van der Waals surface area contributed by atoms with Gasteiger partial charge in [-0.2, -0.15) is 0 Å². The first-order valence-electron chi connectivity index (χ1n) is 8.63. The highest BCUT2D eigenvalue weighted by Crippen LogP contribution is 2.13. The maximum atomic E-state index is 5.34. The molecule has 0 saturated carbocycles. The highest BCUT2D eigenvalue weighted by Gasteiger charge is 2.19. The van der Waals surface area contributed by atoms with Crippen LogP contribution in [0.5, 0.6) is 0 Å². The van der Waals surface area contributed by atoms with Crippen molar-refractivity contribution >= 4 is 29.9 Å². The Hall–Kier alpha value is -0.860. The summed E-state index contributed by atoms with van der Waals surface area (Å²) >= 11 is 0. The number of aliphatic imine (C=N–C) groups is 1. The number of hydrogen-bond acceptors (Lipinski definition) is 3. The van der Waals surface area contributed by atoms with Gasteiger partial charge in [0.1, 0.15) is 0 Å². The molecule has 0 aliphatic carbocycles. The first-order chi connectivity index (χ1) is 11.3. The molecule has 136 valence electrons. The number of halogens is 1. The number of hydrogen-bond donors (Lipinski definition) is 2. The van der Waals surface area contributed by atoms with Gasteiger partial charge in [-0.3, -0.25) is 9.89 Å². The fraction of sp³-hybridized carbons (Fsp3) is 0.611. The molecule has 0 radical (unpaired) electrons. The first-order valence-corrected chi connectivity index (χ1v) is 8.63. The van der Waals surface area contributed by atoms with Crippen LogP contribution in [0.3, 0.4) is 0 Å². The SMILES string of the molecule is CCOCCNC(=NC)NC1CCN(Cc2ccccc2)CC1.I. The Morgan fingerprint density at radius 1 is 1.25 bits per heavy atom. The fourth-order valence-corrected chi connectivity index (χ4v) is 2.85.